The highest BCUT2D eigenvalue weighted by molar-refractivity contribution is 6.30. The summed E-state index contributed by atoms with van der Waals surface area (Å²) in [5, 5.41) is 0.774. The van der Waals surface area contributed by atoms with Crippen LogP contribution in [0.4, 0.5) is 0 Å². The van der Waals surface area contributed by atoms with Crippen molar-refractivity contribution in [2.75, 3.05) is 19.6 Å². The highest BCUT2D eigenvalue weighted by atomic mass is 35.5. The lowest BCUT2D eigenvalue weighted by atomic mass is 9.85. The Morgan fingerprint density at radius 2 is 1.90 bits per heavy atom. The number of rotatable bonds is 4. The fourth-order valence-electron chi connectivity index (χ4n) is 2.90. The monoisotopic (exact) mass is 294 g/mol. The molecule has 1 aromatic rings. The Morgan fingerprint density at radius 1 is 1.20 bits per heavy atom. The van der Waals surface area contributed by atoms with Gasteiger partial charge in [0.05, 0.1) is 0 Å². The first-order chi connectivity index (χ1) is 9.46. The third-order valence-electron chi connectivity index (χ3n) is 4.49. The van der Waals surface area contributed by atoms with Crippen molar-refractivity contribution in [2.45, 2.75) is 45.6 Å². The van der Waals surface area contributed by atoms with Crippen molar-refractivity contribution in [1.82, 2.24) is 4.90 Å². The van der Waals surface area contributed by atoms with Crippen molar-refractivity contribution in [3.63, 3.8) is 0 Å². The second-order valence-electron chi connectivity index (χ2n) is 6.81. The van der Waals surface area contributed by atoms with E-state index in [0.29, 0.717) is 5.41 Å². The van der Waals surface area contributed by atoms with Gasteiger partial charge in [-0.15, -0.1) is 0 Å². The molecule has 1 aliphatic heterocycles. The van der Waals surface area contributed by atoms with E-state index in [-0.39, 0.29) is 6.04 Å². The summed E-state index contributed by atoms with van der Waals surface area (Å²) >= 11 is 5.91. The molecule has 1 aliphatic rings. The molecule has 1 fully saturated rings. The van der Waals surface area contributed by atoms with Gasteiger partial charge in [-0.05, 0) is 68.4 Å². The Hall–Kier alpha value is -0.570. The van der Waals surface area contributed by atoms with Crippen LogP contribution >= 0.6 is 11.6 Å². The van der Waals surface area contributed by atoms with E-state index in [4.69, 9.17) is 17.3 Å². The number of hydrogen-bond acceptors (Lipinski definition) is 2. The Labute approximate surface area is 128 Å². The zero-order chi connectivity index (χ0) is 14.6. The Bertz CT molecular complexity index is 414. The molecule has 0 saturated carbocycles. The van der Waals surface area contributed by atoms with E-state index in [1.807, 2.05) is 24.3 Å². The standard InChI is InChI=1S/C17H27ClN2/c1-17(2)9-3-11-20(13-10-17)12-8-16(19)14-4-6-15(18)7-5-14/h4-7,16H,3,8-13,19H2,1-2H3. The number of nitrogens with zero attached hydrogens (tertiary/aromatic N) is 1. The molecule has 1 atom stereocenters. The van der Waals surface area contributed by atoms with Gasteiger partial charge in [-0.1, -0.05) is 37.6 Å². The quantitative estimate of drug-likeness (QED) is 0.900. The van der Waals surface area contributed by atoms with Crippen molar-refractivity contribution < 1.29 is 0 Å². The second-order valence-corrected chi connectivity index (χ2v) is 7.24. The van der Waals surface area contributed by atoms with Crippen LogP contribution < -0.4 is 5.73 Å². The molecule has 112 valence electrons. The number of benzene rings is 1. The number of halogens is 1. The molecule has 0 amide bonds. The molecule has 0 bridgehead atoms. The minimum atomic E-state index is 0.114. The van der Waals surface area contributed by atoms with E-state index >= 15 is 0 Å². The summed E-state index contributed by atoms with van der Waals surface area (Å²) in [5.74, 6) is 0. The number of hydrogen-bond donors (Lipinski definition) is 1. The zero-order valence-electron chi connectivity index (χ0n) is 12.7. The van der Waals surface area contributed by atoms with Crippen molar-refractivity contribution in [3.05, 3.63) is 34.9 Å². The van der Waals surface area contributed by atoms with E-state index in [9.17, 15) is 0 Å². The average molecular weight is 295 g/mol. The molecule has 2 N–H and O–H groups in total. The molecule has 0 aromatic heterocycles. The fraction of sp³-hybridized carbons (Fsp3) is 0.647. The summed E-state index contributed by atoms with van der Waals surface area (Å²) in [4.78, 5) is 2.57. The van der Waals surface area contributed by atoms with E-state index < -0.39 is 0 Å². The van der Waals surface area contributed by atoms with Crippen LogP contribution in [-0.4, -0.2) is 24.5 Å². The number of likely N-dealkylation sites (tertiary alicyclic amines) is 1. The molecular weight excluding hydrogens is 268 g/mol. The van der Waals surface area contributed by atoms with Crippen molar-refractivity contribution in [2.24, 2.45) is 11.1 Å². The molecule has 20 heavy (non-hydrogen) atoms. The van der Waals surface area contributed by atoms with Crippen LogP contribution in [0.2, 0.25) is 5.02 Å². The third kappa shape index (κ3) is 4.76. The largest absolute Gasteiger partial charge is 0.324 e. The van der Waals surface area contributed by atoms with Crippen molar-refractivity contribution in [3.8, 4) is 0 Å². The van der Waals surface area contributed by atoms with Crippen LogP contribution in [-0.2, 0) is 0 Å². The molecule has 1 heterocycles. The van der Waals surface area contributed by atoms with Gasteiger partial charge in [0.1, 0.15) is 0 Å². The number of nitrogens with two attached hydrogens (primary N) is 1. The van der Waals surface area contributed by atoms with Crippen LogP contribution in [0, 0.1) is 5.41 Å². The van der Waals surface area contributed by atoms with Gasteiger partial charge in [0.2, 0.25) is 0 Å². The topological polar surface area (TPSA) is 29.3 Å². The lowest BCUT2D eigenvalue weighted by Crippen LogP contribution is -2.29. The molecule has 0 radical (unpaired) electrons. The van der Waals surface area contributed by atoms with Gasteiger partial charge in [0.25, 0.3) is 0 Å². The second kappa shape index (κ2) is 6.93. The molecule has 1 unspecified atom stereocenters. The summed E-state index contributed by atoms with van der Waals surface area (Å²) in [6.45, 7) is 8.29. The van der Waals surface area contributed by atoms with E-state index in [0.717, 1.165) is 18.0 Å². The van der Waals surface area contributed by atoms with E-state index in [1.165, 1.54) is 37.9 Å². The van der Waals surface area contributed by atoms with Crippen molar-refractivity contribution in [1.29, 1.82) is 0 Å². The zero-order valence-corrected chi connectivity index (χ0v) is 13.5. The Morgan fingerprint density at radius 3 is 2.60 bits per heavy atom. The summed E-state index contributed by atoms with van der Waals surface area (Å²) in [6, 6.07) is 8.04. The minimum Gasteiger partial charge on any atom is -0.324 e. The smallest absolute Gasteiger partial charge is 0.0406 e. The molecular formula is C17H27ClN2. The molecule has 2 nitrogen and oxygen atoms in total. The van der Waals surface area contributed by atoms with Crippen LogP contribution in [0.1, 0.15) is 51.1 Å². The van der Waals surface area contributed by atoms with Gasteiger partial charge in [-0.25, -0.2) is 0 Å². The lowest BCUT2D eigenvalue weighted by Gasteiger charge is -2.24. The first-order valence-corrected chi connectivity index (χ1v) is 8.07. The maximum Gasteiger partial charge on any atom is 0.0406 e. The maximum absolute atomic E-state index is 6.28. The molecule has 3 heteroatoms. The van der Waals surface area contributed by atoms with Crippen LogP contribution in [0.25, 0.3) is 0 Å². The van der Waals surface area contributed by atoms with Crippen LogP contribution in [0.5, 0.6) is 0 Å². The average Bonchev–Trinajstić information content (AvgIpc) is 2.58. The van der Waals surface area contributed by atoms with E-state index in [1.54, 1.807) is 0 Å². The molecule has 0 spiro atoms. The molecule has 1 aromatic carbocycles. The lowest BCUT2D eigenvalue weighted by molar-refractivity contribution is 0.254. The summed E-state index contributed by atoms with van der Waals surface area (Å²) in [5.41, 5.74) is 7.98. The first-order valence-electron chi connectivity index (χ1n) is 7.70. The SMILES string of the molecule is CC1(C)CCCN(CCC(N)c2ccc(Cl)cc2)CC1. The molecule has 2 rings (SSSR count). The predicted octanol–water partition coefficient (Wildman–Crippen LogP) is 4.24. The summed E-state index contributed by atoms with van der Waals surface area (Å²) in [7, 11) is 0. The van der Waals surface area contributed by atoms with Crippen molar-refractivity contribution >= 4 is 11.6 Å². The highest BCUT2D eigenvalue weighted by Crippen LogP contribution is 2.30. The maximum atomic E-state index is 6.28. The van der Waals surface area contributed by atoms with Gasteiger partial charge in [-0.2, -0.15) is 0 Å². The van der Waals surface area contributed by atoms with Gasteiger partial charge < -0.3 is 10.6 Å². The fourth-order valence-corrected chi connectivity index (χ4v) is 3.03. The molecule has 1 saturated heterocycles. The summed E-state index contributed by atoms with van der Waals surface area (Å²) in [6.07, 6.45) is 4.96. The third-order valence-corrected chi connectivity index (χ3v) is 4.74. The highest BCUT2D eigenvalue weighted by Gasteiger charge is 2.23. The first kappa shape index (κ1) is 15.8. The summed E-state index contributed by atoms with van der Waals surface area (Å²) < 4.78 is 0. The molecule has 0 aliphatic carbocycles. The predicted molar refractivity (Wildman–Crippen MR) is 87.1 cm³/mol. The van der Waals surface area contributed by atoms with Gasteiger partial charge >= 0.3 is 0 Å². The van der Waals surface area contributed by atoms with E-state index in [2.05, 4.69) is 18.7 Å². The Balaban J connectivity index is 1.81. The normalized spacial score (nSPS) is 21.4. The van der Waals surface area contributed by atoms with Crippen LogP contribution in [0.15, 0.2) is 24.3 Å². The minimum absolute atomic E-state index is 0.114. The van der Waals surface area contributed by atoms with Gasteiger partial charge in [0.15, 0.2) is 0 Å². The Kier molecular flexibility index (Phi) is 5.48. The van der Waals surface area contributed by atoms with Gasteiger partial charge in [-0.3, -0.25) is 0 Å². The van der Waals surface area contributed by atoms with Gasteiger partial charge in [0, 0.05) is 11.1 Å². The van der Waals surface area contributed by atoms with Crippen LogP contribution in [0.3, 0.4) is 0 Å².